The van der Waals surface area contributed by atoms with Crippen LogP contribution in [0.2, 0.25) is 0 Å². The van der Waals surface area contributed by atoms with Gasteiger partial charge in [0, 0.05) is 30.9 Å². The summed E-state index contributed by atoms with van der Waals surface area (Å²) in [5.74, 6) is 0. The average Bonchev–Trinajstić information content (AvgIpc) is 2.85. The first-order valence-electron chi connectivity index (χ1n) is 6.03. The van der Waals surface area contributed by atoms with Crippen molar-refractivity contribution in [2.45, 2.75) is 19.4 Å². The first kappa shape index (κ1) is 10.9. The van der Waals surface area contributed by atoms with Crippen molar-refractivity contribution in [1.29, 1.82) is 0 Å². The zero-order valence-electron chi connectivity index (χ0n) is 9.72. The number of nitrogens with zero attached hydrogens (tertiary/aromatic N) is 2. The second kappa shape index (κ2) is 4.98. The van der Waals surface area contributed by atoms with E-state index in [4.69, 9.17) is 0 Å². The van der Waals surface area contributed by atoms with Gasteiger partial charge >= 0.3 is 0 Å². The van der Waals surface area contributed by atoms with Gasteiger partial charge in [0.05, 0.1) is 5.69 Å². The molecule has 17 heavy (non-hydrogen) atoms. The van der Waals surface area contributed by atoms with E-state index < -0.39 is 0 Å². The largest absolute Gasteiger partial charge is 0.297 e. The van der Waals surface area contributed by atoms with E-state index in [-0.39, 0.29) is 0 Å². The lowest BCUT2D eigenvalue weighted by Crippen LogP contribution is -2.31. The molecule has 0 amide bonds. The number of benzene rings is 1. The minimum atomic E-state index is 1.06. The SMILES string of the molecule is [c]1nc2c(s1)CN(CCc1ccccc1)CC2. The number of hydrogen-bond acceptors (Lipinski definition) is 3. The third-order valence-corrected chi connectivity index (χ3v) is 4.06. The van der Waals surface area contributed by atoms with Crippen molar-refractivity contribution in [3.05, 3.63) is 52.0 Å². The van der Waals surface area contributed by atoms with E-state index in [0.29, 0.717) is 0 Å². The van der Waals surface area contributed by atoms with Crippen LogP contribution < -0.4 is 0 Å². The number of rotatable bonds is 3. The van der Waals surface area contributed by atoms with Crippen molar-refractivity contribution in [3.63, 3.8) is 0 Å². The Morgan fingerprint density at radius 2 is 2.18 bits per heavy atom. The lowest BCUT2D eigenvalue weighted by Gasteiger charge is -2.25. The molecule has 1 aromatic carbocycles. The van der Waals surface area contributed by atoms with Crippen LogP contribution in [-0.2, 0) is 19.4 Å². The smallest absolute Gasteiger partial charge is 0.152 e. The first-order chi connectivity index (χ1) is 8.42. The molecule has 1 aromatic heterocycles. The average molecular weight is 243 g/mol. The van der Waals surface area contributed by atoms with Gasteiger partial charge in [0.15, 0.2) is 5.51 Å². The van der Waals surface area contributed by atoms with Crippen LogP contribution in [0.3, 0.4) is 0 Å². The molecule has 2 aromatic rings. The topological polar surface area (TPSA) is 16.1 Å². The van der Waals surface area contributed by atoms with Crippen molar-refractivity contribution in [3.8, 4) is 0 Å². The van der Waals surface area contributed by atoms with E-state index in [0.717, 1.165) is 32.5 Å². The maximum absolute atomic E-state index is 4.28. The predicted molar refractivity (Wildman–Crippen MR) is 70.1 cm³/mol. The van der Waals surface area contributed by atoms with E-state index in [1.165, 1.54) is 16.1 Å². The summed E-state index contributed by atoms with van der Waals surface area (Å²) in [6.07, 6.45) is 2.23. The van der Waals surface area contributed by atoms with E-state index in [2.05, 4.69) is 45.7 Å². The molecule has 1 aliphatic heterocycles. The van der Waals surface area contributed by atoms with Crippen LogP contribution in [0, 0.1) is 5.51 Å². The standard InChI is InChI=1S/C14H15N2S/c1-2-4-12(5-3-1)6-8-16-9-7-13-14(10-16)17-11-15-13/h1-5H,6-10H2. The summed E-state index contributed by atoms with van der Waals surface area (Å²) in [6, 6.07) is 10.7. The fraction of sp³-hybridized carbons (Fsp3) is 0.357. The normalized spacial score (nSPS) is 15.8. The Hall–Kier alpha value is -1.19. The second-order valence-corrected chi connectivity index (χ2v) is 5.32. The molecule has 1 radical (unpaired) electrons. The van der Waals surface area contributed by atoms with Gasteiger partial charge in [-0.15, -0.1) is 11.3 Å². The molecule has 3 rings (SSSR count). The third-order valence-electron chi connectivity index (χ3n) is 3.26. The second-order valence-electron chi connectivity index (χ2n) is 4.44. The number of hydrogen-bond donors (Lipinski definition) is 0. The number of aromatic nitrogens is 1. The molecule has 0 N–H and O–H groups in total. The van der Waals surface area contributed by atoms with Gasteiger partial charge in [0.25, 0.3) is 0 Å². The number of thiazole rings is 1. The van der Waals surface area contributed by atoms with Crippen LogP contribution in [0.15, 0.2) is 30.3 Å². The summed E-state index contributed by atoms with van der Waals surface area (Å²) in [4.78, 5) is 8.20. The summed E-state index contributed by atoms with van der Waals surface area (Å²) in [5, 5.41) is 0. The summed E-state index contributed by atoms with van der Waals surface area (Å²) >= 11 is 1.67. The summed E-state index contributed by atoms with van der Waals surface area (Å²) in [5.41, 5.74) is 5.69. The van der Waals surface area contributed by atoms with Gasteiger partial charge in [-0.25, -0.2) is 4.98 Å². The maximum atomic E-state index is 4.28. The summed E-state index contributed by atoms with van der Waals surface area (Å²) in [6.45, 7) is 3.34. The molecule has 3 heteroatoms. The highest BCUT2D eigenvalue weighted by Gasteiger charge is 2.17. The molecule has 0 aliphatic carbocycles. The van der Waals surface area contributed by atoms with Crippen molar-refractivity contribution < 1.29 is 0 Å². The number of fused-ring (bicyclic) bond motifs is 1. The minimum absolute atomic E-state index is 1.06. The predicted octanol–water partition coefficient (Wildman–Crippen LogP) is 2.54. The third kappa shape index (κ3) is 2.56. The highest BCUT2D eigenvalue weighted by Crippen LogP contribution is 2.21. The van der Waals surface area contributed by atoms with Crippen molar-refractivity contribution >= 4 is 11.3 Å². The monoisotopic (exact) mass is 243 g/mol. The molecular formula is C14H15N2S. The Bertz CT molecular complexity index is 478. The van der Waals surface area contributed by atoms with Gasteiger partial charge in [0.1, 0.15) is 0 Å². The van der Waals surface area contributed by atoms with E-state index in [9.17, 15) is 0 Å². The van der Waals surface area contributed by atoms with Crippen molar-refractivity contribution in [2.75, 3.05) is 13.1 Å². The van der Waals surface area contributed by atoms with Crippen LogP contribution >= 0.6 is 11.3 Å². The van der Waals surface area contributed by atoms with Crippen LogP contribution in [-0.4, -0.2) is 23.0 Å². The fourth-order valence-electron chi connectivity index (χ4n) is 2.24. The Labute approximate surface area is 106 Å². The Morgan fingerprint density at radius 1 is 1.29 bits per heavy atom. The minimum Gasteiger partial charge on any atom is -0.297 e. The molecule has 0 bridgehead atoms. The molecule has 0 spiro atoms. The quantitative estimate of drug-likeness (QED) is 0.823. The van der Waals surface area contributed by atoms with E-state index in [1.54, 1.807) is 11.3 Å². The Morgan fingerprint density at radius 3 is 3.06 bits per heavy atom. The fourth-order valence-corrected chi connectivity index (χ4v) is 3.02. The van der Waals surface area contributed by atoms with Gasteiger partial charge < -0.3 is 0 Å². The molecule has 0 unspecified atom stereocenters. The molecule has 1 aliphatic rings. The van der Waals surface area contributed by atoms with Crippen LogP contribution in [0.1, 0.15) is 16.1 Å². The molecule has 0 fully saturated rings. The van der Waals surface area contributed by atoms with E-state index in [1.807, 2.05) is 0 Å². The summed E-state index contributed by atoms with van der Waals surface area (Å²) in [7, 11) is 0. The molecule has 2 heterocycles. The molecule has 0 atom stereocenters. The molecular weight excluding hydrogens is 228 g/mol. The highest BCUT2D eigenvalue weighted by molar-refractivity contribution is 7.09. The maximum Gasteiger partial charge on any atom is 0.152 e. The first-order valence-corrected chi connectivity index (χ1v) is 6.84. The van der Waals surface area contributed by atoms with Crippen molar-refractivity contribution in [1.82, 2.24) is 9.88 Å². The van der Waals surface area contributed by atoms with Crippen LogP contribution in [0.5, 0.6) is 0 Å². The van der Waals surface area contributed by atoms with Gasteiger partial charge in [-0.1, -0.05) is 30.3 Å². The van der Waals surface area contributed by atoms with Crippen LogP contribution in [0.25, 0.3) is 0 Å². The zero-order valence-corrected chi connectivity index (χ0v) is 10.5. The van der Waals surface area contributed by atoms with Gasteiger partial charge in [-0.2, -0.15) is 0 Å². The summed E-state index contributed by atoms with van der Waals surface area (Å²) < 4.78 is 0. The molecule has 0 saturated heterocycles. The van der Waals surface area contributed by atoms with Gasteiger partial charge in [0.2, 0.25) is 0 Å². The highest BCUT2D eigenvalue weighted by atomic mass is 32.1. The van der Waals surface area contributed by atoms with E-state index >= 15 is 0 Å². The zero-order chi connectivity index (χ0) is 11.5. The van der Waals surface area contributed by atoms with Crippen LogP contribution in [0.4, 0.5) is 0 Å². The lowest BCUT2D eigenvalue weighted by atomic mass is 10.1. The van der Waals surface area contributed by atoms with Gasteiger partial charge in [-0.3, -0.25) is 4.90 Å². The molecule has 0 saturated carbocycles. The molecule has 87 valence electrons. The Kier molecular flexibility index (Phi) is 3.20. The van der Waals surface area contributed by atoms with Gasteiger partial charge in [-0.05, 0) is 12.0 Å². The molecule has 2 nitrogen and oxygen atoms in total. The van der Waals surface area contributed by atoms with Crippen molar-refractivity contribution in [2.24, 2.45) is 0 Å². The lowest BCUT2D eigenvalue weighted by molar-refractivity contribution is 0.259. The Balaban J connectivity index is 1.58.